The van der Waals surface area contributed by atoms with E-state index in [-0.39, 0.29) is 12.6 Å². The Bertz CT molecular complexity index is 1770. The third kappa shape index (κ3) is 6.87. The predicted octanol–water partition coefficient (Wildman–Crippen LogP) is 7.43. The van der Waals surface area contributed by atoms with Crippen LogP contribution in [-0.4, -0.2) is 25.7 Å². The van der Waals surface area contributed by atoms with E-state index in [0.717, 1.165) is 41.0 Å². The van der Waals surface area contributed by atoms with Crippen LogP contribution in [0, 0.1) is 11.8 Å². The lowest BCUT2D eigenvalue weighted by Gasteiger charge is -2.28. The van der Waals surface area contributed by atoms with Crippen LogP contribution < -0.4 is 25.4 Å². The molecule has 0 N–H and O–H groups in total. The van der Waals surface area contributed by atoms with Gasteiger partial charge < -0.3 is 14.4 Å². The summed E-state index contributed by atoms with van der Waals surface area (Å²) in [4.78, 5) is 18.3. The van der Waals surface area contributed by atoms with Crippen molar-refractivity contribution < 1.29 is 9.53 Å². The molecule has 0 amide bonds. The van der Waals surface area contributed by atoms with E-state index in [1.54, 1.807) is 6.08 Å². The van der Waals surface area contributed by atoms with Gasteiger partial charge in [0.05, 0.1) is 11.3 Å². The highest BCUT2D eigenvalue weighted by atomic mass is 16.5. The highest BCUT2D eigenvalue weighted by Gasteiger charge is 2.39. The van der Waals surface area contributed by atoms with Crippen molar-refractivity contribution in [2.24, 2.45) is 0 Å². The Morgan fingerprint density at radius 3 is 1.93 bits per heavy atom. The summed E-state index contributed by atoms with van der Waals surface area (Å²) in [5.74, 6) is 7.59. The first-order valence-corrected chi connectivity index (χ1v) is 16.4. The summed E-state index contributed by atoms with van der Waals surface area (Å²) in [5.41, 5.74) is 6.47. The number of allylic oxidation sites excluding steroid dienone is 5. The van der Waals surface area contributed by atoms with Gasteiger partial charge in [-0.05, 0) is 61.4 Å². The van der Waals surface area contributed by atoms with Crippen molar-refractivity contribution in [3.63, 3.8) is 0 Å². The number of rotatable bonds is 10. The van der Waals surface area contributed by atoms with Crippen molar-refractivity contribution in [1.29, 1.82) is 0 Å². The van der Waals surface area contributed by atoms with Gasteiger partial charge in [0.25, 0.3) is 0 Å². The van der Waals surface area contributed by atoms with Gasteiger partial charge in [-0.2, -0.15) is 0 Å². The number of benzene rings is 4. The summed E-state index contributed by atoms with van der Waals surface area (Å²) in [6.07, 6.45) is 10.1. The first-order valence-electron chi connectivity index (χ1n) is 16.4. The molecule has 1 aliphatic heterocycles. The zero-order chi connectivity index (χ0) is 31.7. The van der Waals surface area contributed by atoms with Gasteiger partial charge in [-0.3, -0.25) is 4.79 Å². The minimum Gasteiger partial charge on any atom is -0.439 e. The van der Waals surface area contributed by atoms with Gasteiger partial charge in [0.2, 0.25) is 0 Å². The third-order valence-corrected chi connectivity index (χ3v) is 8.40. The molecule has 0 radical (unpaired) electrons. The predicted molar refractivity (Wildman–Crippen MR) is 192 cm³/mol. The van der Waals surface area contributed by atoms with Crippen molar-refractivity contribution in [2.45, 2.75) is 39.5 Å². The lowest BCUT2D eigenvalue weighted by atomic mass is 9.49. The minimum atomic E-state index is -0.192. The Morgan fingerprint density at radius 1 is 0.717 bits per heavy atom. The van der Waals surface area contributed by atoms with Crippen LogP contribution >= 0.6 is 0 Å². The molecule has 5 heteroatoms. The Morgan fingerprint density at radius 2 is 1.33 bits per heavy atom. The second-order valence-electron chi connectivity index (χ2n) is 11.7. The molecular weight excluding hydrogens is 563 g/mol. The zero-order valence-electron chi connectivity index (χ0n) is 26.7. The molecule has 0 aromatic heterocycles. The Kier molecular flexibility index (Phi) is 9.86. The molecule has 46 heavy (non-hydrogen) atoms. The lowest BCUT2D eigenvalue weighted by Crippen LogP contribution is -2.56. The number of unbranched alkanes of at least 4 members (excludes halogenated alkanes) is 2. The highest BCUT2D eigenvalue weighted by Crippen LogP contribution is 2.41. The molecule has 1 aliphatic carbocycles. The van der Waals surface area contributed by atoms with Crippen molar-refractivity contribution >= 4 is 34.9 Å². The van der Waals surface area contributed by atoms with Crippen molar-refractivity contribution in [1.82, 2.24) is 0 Å². The molecule has 0 spiro atoms. The van der Waals surface area contributed by atoms with Gasteiger partial charge in [-0.25, -0.2) is 0 Å². The molecular formula is C41H39BN2O2. The summed E-state index contributed by atoms with van der Waals surface area (Å²) < 4.78 is 6.46. The molecule has 2 aliphatic rings. The van der Waals surface area contributed by atoms with Crippen LogP contribution in [0.4, 0.5) is 11.4 Å². The average molecular weight is 603 g/mol. The summed E-state index contributed by atoms with van der Waals surface area (Å²) in [7, 11) is 0. The van der Waals surface area contributed by atoms with Crippen LogP contribution in [-0.2, 0) is 4.79 Å². The minimum absolute atomic E-state index is 0.127. The van der Waals surface area contributed by atoms with Crippen LogP contribution in [0.3, 0.4) is 0 Å². The Hall–Kier alpha value is -5.21. The highest BCUT2D eigenvalue weighted by molar-refractivity contribution is 6.88. The first kappa shape index (κ1) is 30.8. The van der Waals surface area contributed by atoms with E-state index in [1.807, 2.05) is 72.8 Å². The number of nitrogens with zero attached hydrogens (tertiary/aromatic N) is 2. The van der Waals surface area contributed by atoms with Gasteiger partial charge >= 0.3 is 6.85 Å². The first-order chi connectivity index (χ1) is 22.7. The molecule has 0 atom stereocenters. The van der Waals surface area contributed by atoms with Crippen molar-refractivity contribution in [2.75, 3.05) is 22.8 Å². The number of para-hydroxylation sites is 2. The van der Waals surface area contributed by atoms with Crippen LogP contribution in [0.1, 0.15) is 45.1 Å². The van der Waals surface area contributed by atoms with Crippen LogP contribution in [0.15, 0.2) is 144 Å². The van der Waals surface area contributed by atoms with Crippen molar-refractivity contribution in [3.8, 4) is 17.6 Å². The van der Waals surface area contributed by atoms with E-state index in [2.05, 4.69) is 83.9 Å². The normalized spacial score (nSPS) is 15.0. The summed E-state index contributed by atoms with van der Waals surface area (Å²) in [6, 6.07) is 37.1. The SMILES string of the molecule is CCCCN(CCCC)c1ccc(C#CC2=CC(=O)C(=C3Oc4ccccc4N3B(c3ccccc3)c3ccccc3)C=C2)cc1. The van der Waals surface area contributed by atoms with E-state index in [9.17, 15) is 4.79 Å². The fourth-order valence-electron chi connectivity index (χ4n) is 5.95. The van der Waals surface area contributed by atoms with Crippen LogP contribution in [0.2, 0.25) is 0 Å². The third-order valence-electron chi connectivity index (χ3n) is 8.40. The van der Waals surface area contributed by atoms with Gasteiger partial charge in [-0.1, -0.05) is 122 Å². The number of ketones is 1. The maximum Gasteiger partial charge on any atom is 0.331 e. The number of ether oxygens (including phenoxy) is 1. The van der Waals surface area contributed by atoms with Gasteiger partial charge in [0, 0.05) is 36.0 Å². The smallest absolute Gasteiger partial charge is 0.331 e. The van der Waals surface area contributed by atoms with Gasteiger partial charge in [-0.15, -0.1) is 0 Å². The van der Waals surface area contributed by atoms with E-state index in [1.165, 1.54) is 31.4 Å². The summed E-state index contributed by atoms with van der Waals surface area (Å²) >= 11 is 0. The molecule has 1 heterocycles. The molecule has 0 bridgehead atoms. The Balaban J connectivity index is 1.29. The second-order valence-corrected chi connectivity index (χ2v) is 11.7. The fourth-order valence-corrected chi connectivity index (χ4v) is 5.95. The second kappa shape index (κ2) is 14.7. The molecule has 0 saturated heterocycles. The average Bonchev–Trinajstić information content (AvgIpc) is 3.47. The van der Waals surface area contributed by atoms with E-state index in [0.29, 0.717) is 17.0 Å². The molecule has 0 unspecified atom stereocenters. The molecule has 0 fully saturated rings. The standard InChI is InChI=1S/C41H39BN2O2/c1-3-5-29-43(30-6-4-2)36-26-23-32(24-27-36)21-22-33-25-28-37(39(45)31-33)41-44(38-19-13-14-20-40(38)46-41)42(34-15-9-7-10-16-34)35-17-11-8-12-18-35/h7-20,23-28,31H,3-6,29-30H2,1-2H3. The summed E-state index contributed by atoms with van der Waals surface area (Å²) in [6.45, 7) is 6.42. The maximum absolute atomic E-state index is 13.7. The summed E-state index contributed by atoms with van der Waals surface area (Å²) in [5, 5.41) is 0. The quantitative estimate of drug-likeness (QED) is 0.107. The lowest BCUT2D eigenvalue weighted by molar-refractivity contribution is -0.111. The topological polar surface area (TPSA) is 32.8 Å². The molecule has 4 aromatic carbocycles. The van der Waals surface area contributed by atoms with E-state index in [4.69, 9.17) is 4.74 Å². The molecule has 4 aromatic rings. The fraction of sp³-hybridized carbons (Fsp3) is 0.195. The number of carbonyl (C=O) groups excluding carboxylic acids is 1. The number of anilines is 2. The molecule has 6 rings (SSSR count). The van der Waals surface area contributed by atoms with E-state index < -0.39 is 0 Å². The number of hydrogen-bond donors (Lipinski definition) is 0. The Labute approximate surface area is 273 Å². The van der Waals surface area contributed by atoms with Crippen molar-refractivity contribution in [3.05, 3.63) is 150 Å². The molecule has 0 saturated carbocycles. The number of fused-ring (bicyclic) bond motifs is 1. The van der Waals surface area contributed by atoms with E-state index >= 15 is 0 Å². The van der Waals surface area contributed by atoms with Gasteiger partial charge in [0.15, 0.2) is 17.4 Å². The van der Waals surface area contributed by atoms with Crippen LogP contribution in [0.5, 0.6) is 5.75 Å². The number of carbonyl (C=O) groups is 1. The maximum atomic E-state index is 13.7. The van der Waals surface area contributed by atoms with Crippen LogP contribution in [0.25, 0.3) is 0 Å². The number of hydrogen-bond acceptors (Lipinski definition) is 4. The monoisotopic (exact) mass is 602 g/mol. The largest absolute Gasteiger partial charge is 0.439 e. The molecule has 4 nitrogen and oxygen atoms in total. The molecule has 228 valence electrons. The van der Waals surface area contributed by atoms with Gasteiger partial charge in [0.1, 0.15) is 0 Å². The zero-order valence-corrected chi connectivity index (χ0v) is 26.7.